The SMILES string of the molecule is CCC(=O)OC(C)Cc1cccc(-c2ccccc2)c1.CN.Oc1ccccc1. The molecule has 0 aromatic heterocycles. The number of hydrogen-bond acceptors (Lipinski definition) is 4. The second-order valence-corrected chi connectivity index (χ2v) is 6.26. The van der Waals surface area contributed by atoms with Gasteiger partial charge in [-0.05, 0) is 42.8 Å². The van der Waals surface area contributed by atoms with Gasteiger partial charge in [-0.1, -0.05) is 79.7 Å². The number of ether oxygens (including phenoxy) is 1. The first kappa shape index (κ1) is 23.9. The molecule has 0 heterocycles. The number of phenolic OH excluding ortho intramolecular Hbond substituents is 1. The molecular weight excluding hydrogens is 362 g/mol. The second kappa shape index (κ2) is 14.0. The summed E-state index contributed by atoms with van der Waals surface area (Å²) in [6.07, 6.45) is 1.08. The molecule has 3 aromatic carbocycles. The van der Waals surface area contributed by atoms with Crippen LogP contribution in [0.5, 0.6) is 5.75 Å². The van der Waals surface area contributed by atoms with Crippen molar-refractivity contribution in [3.05, 3.63) is 90.5 Å². The third-order valence-corrected chi connectivity index (χ3v) is 3.93. The zero-order valence-electron chi connectivity index (χ0n) is 17.4. The highest BCUT2D eigenvalue weighted by molar-refractivity contribution is 5.69. The molecular formula is C25H31NO3. The minimum absolute atomic E-state index is 0.0894. The van der Waals surface area contributed by atoms with Crippen molar-refractivity contribution >= 4 is 5.97 Å². The molecule has 29 heavy (non-hydrogen) atoms. The molecule has 0 fully saturated rings. The Balaban J connectivity index is 0.000000390. The maximum absolute atomic E-state index is 11.3. The quantitative estimate of drug-likeness (QED) is 0.584. The Morgan fingerprint density at radius 3 is 1.97 bits per heavy atom. The van der Waals surface area contributed by atoms with E-state index < -0.39 is 0 Å². The average molecular weight is 394 g/mol. The van der Waals surface area contributed by atoms with Gasteiger partial charge in [0.25, 0.3) is 0 Å². The third kappa shape index (κ3) is 9.58. The summed E-state index contributed by atoms with van der Waals surface area (Å²) in [5.74, 6) is 0.180. The number of phenols is 1. The van der Waals surface area contributed by atoms with E-state index >= 15 is 0 Å². The number of carbonyl (C=O) groups is 1. The van der Waals surface area contributed by atoms with Crippen LogP contribution in [0.25, 0.3) is 11.1 Å². The Morgan fingerprint density at radius 2 is 1.45 bits per heavy atom. The lowest BCUT2D eigenvalue weighted by Crippen LogP contribution is -2.16. The predicted molar refractivity (Wildman–Crippen MR) is 120 cm³/mol. The molecule has 1 atom stereocenters. The fraction of sp³-hybridized carbons (Fsp3) is 0.240. The van der Waals surface area contributed by atoms with Gasteiger partial charge in [0.2, 0.25) is 0 Å². The summed E-state index contributed by atoms with van der Waals surface area (Å²) >= 11 is 0. The van der Waals surface area contributed by atoms with Crippen LogP contribution in [0.3, 0.4) is 0 Å². The standard InChI is InChI=1S/C18H20O2.C6H6O.CH5N/c1-3-18(19)20-14(2)12-15-8-7-11-17(13-15)16-9-5-4-6-10-16;7-6-4-2-1-3-5-6;1-2/h4-11,13-14H,3,12H2,1-2H3;1-5,7H;2H2,1H3. The molecule has 0 radical (unpaired) electrons. The largest absolute Gasteiger partial charge is 0.508 e. The first-order chi connectivity index (χ1) is 14.1. The molecule has 3 rings (SSSR count). The molecule has 3 N–H and O–H groups in total. The maximum atomic E-state index is 11.3. The number of hydrogen-bond donors (Lipinski definition) is 2. The van der Waals surface area contributed by atoms with E-state index in [2.05, 4.69) is 36.1 Å². The number of para-hydroxylation sites is 1. The second-order valence-electron chi connectivity index (χ2n) is 6.26. The topological polar surface area (TPSA) is 72.5 Å². The normalized spacial score (nSPS) is 10.5. The van der Waals surface area contributed by atoms with Gasteiger partial charge in [-0.2, -0.15) is 0 Å². The van der Waals surface area contributed by atoms with Crippen molar-refractivity contribution in [1.82, 2.24) is 0 Å². The monoisotopic (exact) mass is 393 g/mol. The molecule has 0 saturated heterocycles. The summed E-state index contributed by atoms with van der Waals surface area (Å²) in [5, 5.41) is 8.63. The highest BCUT2D eigenvalue weighted by Crippen LogP contribution is 2.21. The molecule has 0 bridgehead atoms. The third-order valence-electron chi connectivity index (χ3n) is 3.93. The van der Waals surface area contributed by atoms with Gasteiger partial charge < -0.3 is 15.6 Å². The minimum atomic E-state index is -0.142. The van der Waals surface area contributed by atoms with E-state index in [1.54, 1.807) is 24.3 Å². The van der Waals surface area contributed by atoms with Crippen molar-refractivity contribution in [2.75, 3.05) is 7.05 Å². The molecule has 4 heteroatoms. The zero-order chi connectivity index (χ0) is 21.5. The van der Waals surface area contributed by atoms with Crippen LogP contribution in [0.1, 0.15) is 25.8 Å². The van der Waals surface area contributed by atoms with Gasteiger partial charge in [-0.3, -0.25) is 4.79 Å². The number of benzene rings is 3. The number of rotatable bonds is 5. The summed E-state index contributed by atoms with van der Waals surface area (Å²) in [6.45, 7) is 3.74. The van der Waals surface area contributed by atoms with Gasteiger partial charge in [0.15, 0.2) is 0 Å². The molecule has 1 unspecified atom stereocenters. The van der Waals surface area contributed by atoms with Crippen LogP contribution in [0.4, 0.5) is 0 Å². The minimum Gasteiger partial charge on any atom is -0.508 e. The molecule has 3 aromatic rings. The number of esters is 1. The Hall–Kier alpha value is -3.11. The highest BCUT2D eigenvalue weighted by Gasteiger charge is 2.09. The van der Waals surface area contributed by atoms with Crippen LogP contribution in [-0.2, 0) is 16.0 Å². The average Bonchev–Trinajstić information content (AvgIpc) is 2.77. The molecule has 0 aliphatic rings. The van der Waals surface area contributed by atoms with Crippen LogP contribution in [-0.4, -0.2) is 24.2 Å². The van der Waals surface area contributed by atoms with Crippen molar-refractivity contribution in [1.29, 1.82) is 0 Å². The molecule has 0 spiro atoms. The summed E-state index contributed by atoms with van der Waals surface area (Å²) in [4.78, 5) is 11.3. The summed E-state index contributed by atoms with van der Waals surface area (Å²) in [6, 6.07) is 27.4. The first-order valence-electron chi connectivity index (χ1n) is 9.74. The summed E-state index contributed by atoms with van der Waals surface area (Å²) in [5.41, 5.74) is 8.08. The van der Waals surface area contributed by atoms with Crippen molar-refractivity contribution in [3.8, 4) is 16.9 Å². The fourth-order valence-electron chi connectivity index (χ4n) is 2.62. The van der Waals surface area contributed by atoms with Crippen LogP contribution in [0.2, 0.25) is 0 Å². The van der Waals surface area contributed by atoms with Crippen molar-refractivity contribution in [3.63, 3.8) is 0 Å². The lowest BCUT2D eigenvalue weighted by atomic mass is 10.0. The van der Waals surface area contributed by atoms with E-state index in [0.717, 1.165) is 6.42 Å². The lowest BCUT2D eigenvalue weighted by molar-refractivity contribution is -0.147. The van der Waals surface area contributed by atoms with Crippen LogP contribution in [0, 0.1) is 0 Å². The summed E-state index contributed by atoms with van der Waals surface area (Å²) < 4.78 is 5.31. The summed E-state index contributed by atoms with van der Waals surface area (Å²) in [7, 11) is 1.50. The highest BCUT2D eigenvalue weighted by atomic mass is 16.5. The molecule has 0 aliphatic heterocycles. The van der Waals surface area contributed by atoms with E-state index in [9.17, 15) is 4.79 Å². The van der Waals surface area contributed by atoms with Crippen molar-refractivity contribution in [2.24, 2.45) is 5.73 Å². The van der Waals surface area contributed by atoms with E-state index in [4.69, 9.17) is 9.84 Å². The van der Waals surface area contributed by atoms with Gasteiger partial charge in [0.1, 0.15) is 11.9 Å². The van der Waals surface area contributed by atoms with Gasteiger partial charge in [-0.25, -0.2) is 0 Å². The Bertz CT molecular complexity index is 820. The smallest absolute Gasteiger partial charge is 0.305 e. The van der Waals surface area contributed by atoms with E-state index in [1.165, 1.54) is 23.7 Å². The number of aromatic hydroxyl groups is 1. The van der Waals surface area contributed by atoms with Crippen LogP contribution >= 0.6 is 0 Å². The van der Waals surface area contributed by atoms with Crippen molar-refractivity contribution in [2.45, 2.75) is 32.8 Å². The van der Waals surface area contributed by atoms with Crippen LogP contribution < -0.4 is 5.73 Å². The molecule has 0 saturated carbocycles. The number of nitrogens with two attached hydrogens (primary N) is 1. The Kier molecular flexibility index (Phi) is 11.5. The van der Waals surface area contributed by atoms with Gasteiger partial charge in [0.05, 0.1) is 0 Å². The molecule has 0 amide bonds. The molecule has 4 nitrogen and oxygen atoms in total. The van der Waals surface area contributed by atoms with E-state index in [-0.39, 0.29) is 12.1 Å². The maximum Gasteiger partial charge on any atom is 0.305 e. The van der Waals surface area contributed by atoms with E-state index in [1.807, 2.05) is 44.2 Å². The fourth-order valence-corrected chi connectivity index (χ4v) is 2.62. The predicted octanol–water partition coefficient (Wildman–Crippen LogP) is 5.20. The van der Waals surface area contributed by atoms with Gasteiger partial charge in [0, 0.05) is 12.8 Å². The van der Waals surface area contributed by atoms with Gasteiger partial charge >= 0.3 is 5.97 Å². The van der Waals surface area contributed by atoms with Gasteiger partial charge in [-0.15, -0.1) is 0 Å². The first-order valence-corrected chi connectivity index (χ1v) is 9.74. The Labute approximate surface area is 174 Å². The lowest BCUT2D eigenvalue weighted by Gasteiger charge is -2.13. The zero-order valence-corrected chi connectivity index (χ0v) is 17.4. The van der Waals surface area contributed by atoms with E-state index in [0.29, 0.717) is 12.2 Å². The number of carbonyl (C=O) groups excluding carboxylic acids is 1. The van der Waals surface area contributed by atoms with Crippen molar-refractivity contribution < 1.29 is 14.6 Å². The molecule has 154 valence electrons. The van der Waals surface area contributed by atoms with Crippen LogP contribution in [0.15, 0.2) is 84.9 Å². The molecule has 0 aliphatic carbocycles. The Morgan fingerprint density at radius 1 is 0.897 bits per heavy atom.